The molecule has 0 bridgehead atoms. The molecule has 2 fully saturated rings. The molecule has 15 heteroatoms. The van der Waals surface area contributed by atoms with E-state index in [1.54, 1.807) is 23.1 Å². The Bertz CT molecular complexity index is 1790. The molecule has 2 saturated heterocycles. The summed E-state index contributed by atoms with van der Waals surface area (Å²) in [6.45, 7) is 11.7. The van der Waals surface area contributed by atoms with Crippen LogP contribution >= 0.6 is 0 Å². The third-order valence-corrected chi connectivity index (χ3v) is 11.1. The Morgan fingerprint density at radius 3 is 2.44 bits per heavy atom. The fourth-order valence-electron chi connectivity index (χ4n) is 7.41. The number of carbonyl (C=O) groups excluding carboxylic acids is 1. The van der Waals surface area contributed by atoms with E-state index in [0.29, 0.717) is 61.8 Å². The predicted octanol–water partition coefficient (Wildman–Crippen LogP) is 3.34. The lowest BCUT2D eigenvalue weighted by atomic mass is 9.90. The molecule has 0 spiro atoms. The monoisotopic (exact) mass is 693 g/mol. The number of hydrogen-bond acceptors (Lipinski definition) is 7. The number of anilines is 1. The molecule has 0 unspecified atom stereocenters. The number of pyridine rings is 1. The van der Waals surface area contributed by atoms with Crippen LogP contribution in [0.3, 0.4) is 0 Å². The number of rotatable bonds is 7. The molecule has 1 N–H and O–H groups in total. The lowest BCUT2D eigenvalue weighted by molar-refractivity contribution is -0.140. The van der Waals surface area contributed by atoms with Crippen LogP contribution in [-0.4, -0.2) is 115 Å². The van der Waals surface area contributed by atoms with Gasteiger partial charge in [-0.25, -0.2) is 17.8 Å². The molecule has 3 aliphatic heterocycles. The standard InChI is InChI=1S/C33H43F4N7O3S/c1-21-15-41(26(14-38-21)17-40-10-11-42(16-22(40)2)48(5,46)47)19-29(45)44-20-32(3,4)30-27(44)13-24(12-23-6-8-25(34)9-7-23)31-39-28(18-43(30)31)33(35,36)37/h6-9,13,18,21-22,26,38H,10-12,14-17,19-20H2,1-5H3/t21-,22-,26-/m1/s1. The maximum atomic E-state index is 14.3. The fraction of sp³-hybridized carbons (Fsp3) is 0.576. The Labute approximate surface area is 278 Å². The molecule has 5 heterocycles. The molecule has 3 atom stereocenters. The van der Waals surface area contributed by atoms with Crippen LogP contribution < -0.4 is 10.2 Å². The second-order valence-electron chi connectivity index (χ2n) is 14.2. The number of hydrogen-bond donors (Lipinski definition) is 1. The Morgan fingerprint density at radius 1 is 1.08 bits per heavy atom. The minimum atomic E-state index is -4.66. The van der Waals surface area contributed by atoms with Crippen LogP contribution in [0.1, 0.15) is 50.2 Å². The molecule has 3 aliphatic rings. The van der Waals surface area contributed by atoms with Crippen LogP contribution in [0.2, 0.25) is 0 Å². The van der Waals surface area contributed by atoms with Gasteiger partial charge in [-0.05, 0) is 37.6 Å². The summed E-state index contributed by atoms with van der Waals surface area (Å²) in [5.74, 6) is -0.568. The van der Waals surface area contributed by atoms with Gasteiger partial charge >= 0.3 is 6.18 Å². The zero-order valence-corrected chi connectivity index (χ0v) is 28.7. The second kappa shape index (κ2) is 12.7. The number of alkyl halides is 3. The highest BCUT2D eigenvalue weighted by Crippen LogP contribution is 2.43. The number of halogens is 4. The van der Waals surface area contributed by atoms with Crippen LogP contribution in [0.5, 0.6) is 0 Å². The van der Waals surface area contributed by atoms with Crippen molar-refractivity contribution in [3.8, 4) is 0 Å². The van der Waals surface area contributed by atoms with Crippen molar-refractivity contribution in [1.82, 2.24) is 28.8 Å². The van der Waals surface area contributed by atoms with Crippen LogP contribution in [0.4, 0.5) is 23.2 Å². The Hall–Kier alpha value is -3.11. The molecule has 3 aromatic rings. The molecule has 0 radical (unpaired) electrons. The summed E-state index contributed by atoms with van der Waals surface area (Å²) in [4.78, 5) is 24.4. The van der Waals surface area contributed by atoms with Gasteiger partial charge in [0.05, 0.1) is 24.2 Å². The van der Waals surface area contributed by atoms with Crippen molar-refractivity contribution in [1.29, 1.82) is 0 Å². The fourth-order valence-corrected chi connectivity index (χ4v) is 8.31. The maximum absolute atomic E-state index is 14.3. The Kier molecular flexibility index (Phi) is 9.16. The molecular formula is C33H43F4N7O3S. The number of amides is 1. The molecule has 10 nitrogen and oxygen atoms in total. The number of piperazine rings is 2. The summed E-state index contributed by atoms with van der Waals surface area (Å²) in [6.07, 6.45) is -2.22. The summed E-state index contributed by atoms with van der Waals surface area (Å²) in [6, 6.07) is 7.72. The van der Waals surface area contributed by atoms with E-state index in [1.807, 2.05) is 20.8 Å². The van der Waals surface area contributed by atoms with Gasteiger partial charge in [0.25, 0.3) is 0 Å². The van der Waals surface area contributed by atoms with E-state index in [2.05, 4.69) is 27.0 Å². The third-order valence-electron chi connectivity index (χ3n) is 9.88. The van der Waals surface area contributed by atoms with Gasteiger partial charge < -0.3 is 14.6 Å². The van der Waals surface area contributed by atoms with Crippen molar-refractivity contribution in [2.75, 3.05) is 63.5 Å². The van der Waals surface area contributed by atoms with Gasteiger partial charge in [0.15, 0.2) is 5.69 Å². The van der Waals surface area contributed by atoms with Crippen LogP contribution in [0, 0.1) is 5.82 Å². The van der Waals surface area contributed by atoms with Crippen molar-refractivity contribution in [3.05, 3.63) is 64.9 Å². The molecule has 262 valence electrons. The van der Waals surface area contributed by atoms with Gasteiger partial charge in [0.1, 0.15) is 11.5 Å². The molecule has 0 saturated carbocycles. The van der Waals surface area contributed by atoms with Crippen molar-refractivity contribution >= 4 is 27.3 Å². The summed E-state index contributed by atoms with van der Waals surface area (Å²) in [5.41, 5.74) is 0.809. The molecule has 0 aliphatic carbocycles. The number of fused-ring (bicyclic) bond motifs is 3. The van der Waals surface area contributed by atoms with E-state index in [4.69, 9.17) is 0 Å². The summed E-state index contributed by atoms with van der Waals surface area (Å²) < 4.78 is 82.7. The first-order valence-corrected chi connectivity index (χ1v) is 18.1. The highest BCUT2D eigenvalue weighted by atomic mass is 32.2. The van der Waals surface area contributed by atoms with Crippen LogP contribution in [0.25, 0.3) is 5.65 Å². The number of benzene rings is 1. The van der Waals surface area contributed by atoms with Gasteiger partial charge in [-0.3, -0.25) is 14.6 Å². The molecule has 1 aromatic carbocycles. The SMILES string of the molecule is C[C@@H]1CN(CC(=O)N2CC(C)(C)c3c2cc(Cc2ccc(F)cc2)c2nc(C(F)(F)F)cn32)[C@@H](CN2CCN(S(C)(=O)=O)C[C@H]2C)CN1. The highest BCUT2D eigenvalue weighted by molar-refractivity contribution is 7.88. The second-order valence-corrected chi connectivity index (χ2v) is 16.2. The van der Waals surface area contributed by atoms with E-state index < -0.39 is 33.1 Å². The highest BCUT2D eigenvalue weighted by Gasteiger charge is 2.44. The van der Waals surface area contributed by atoms with Crippen molar-refractivity contribution < 1.29 is 30.8 Å². The minimum Gasteiger partial charge on any atom is -0.311 e. The quantitative estimate of drug-likeness (QED) is 0.380. The minimum absolute atomic E-state index is 0.00743. The first kappa shape index (κ1) is 34.7. The van der Waals surface area contributed by atoms with Gasteiger partial charge in [-0.1, -0.05) is 26.0 Å². The van der Waals surface area contributed by atoms with E-state index >= 15 is 0 Å². The smallest absolute Gasteiger partial charge is 0.311 e. The number of nitrogens with zero attached hydrogens (tertiary/aromatic N) is 6. The largest absolute Gasteiger partial charge is 0.434 e. The van der Waals surface area contributed by atoms with Gasteiger partial charge in [0.2, 0.25) is 15.9 Å². The average Bonchev–Trinajstić information content (AvgIpc) is 3.55. The van der Waals surface area contributed by atoms with Crippen molar-refractivity contribution in [2.45, 2.75) is 63.8 Å². The zero-order chi connectivity index (χ0) is 34.8. The zero-order valence-electron chi connectivity index (χ0n) is 27.9. The third kappa shape index (κ3) is 6.97. The Balaban J connectivity index is 1.30. The van der Waals surface area contributed by atoms with Crippen molar-refractivity contribution in [2.24, 2.45) is 0 Å². The number of aromatic nitrogens is 2. The summed E-state index contributed by atoms with van der Waals surface area (Å²) in [7, 11) is -3.28. The number of sulfonamides is 1. The molecule has 6 rings (SSSR count). The molecular weight excluding hydrogens is 650 g/mol. The average molecular weight is 694 g/mol. The van der Waals surface area contributed by atoms with E-state index in [-0.39, 0.29) is 49.2 Å². The Morgan fingerprint density at radius 2 is 1.79 bits per heavy atom. The van der Waals surface area contributed by atoms with Gasteiger partial charge in [0, 0.05) is 87.5 Å². The first-order valence-electron chi connectivity index (χ1n) is 16.2. The van der Waals surface area contributed by atoms with E-state index in [1.165, 1.54) is 27.1 Å². The lowest BCUT2D eigenvalue weighted by Crippen LogP contribution is -2.63. The van der Waals surface area contributed by atoms with E-state index in [9.17, 15) is 30.8 Å². The molecule has 1 amide bonds. The number of nitrogens with one attached hydrogen (secondary N) is 1. The molecule has 48 heavy (non-hydrogen) atoms. The molecule has 2 aromatic heterocycles. The summed E-state index contributed by atoms with van der Waals surface area (Å²) in [5, 5.41) is 3.51. The topological polar surface area (TPSA) is 93.5 Å². The van der Waals surface area contributed by atoms with Crippen molar-refractivity contribution in [3.63, 3.8) is 0 Å². The number of carbonyl (C=O) groups is 1. The summed E-state index contributed by atoms with van der Waals surface area (Å²) >= 11 is 0. The van der Waals surface area contributed by atoms with Gasteiger partial charge in [-0.2, -0.15) is 17.5 Å². The number of imidazole rings is 1. The predicted molar refractivity (Wildman–Crippen MR) is 175 cm³/mol. The van der Waals surface area contributed by atoms with Gasteiger partial charge in [-0.15, -0.1) is 0 Å². The first-order chi connectivity index (χ1) is 22.4. The normalized spacial score (nSPS) is 24.4. The van der Waals surface area contributed by atoms with Crippen LogP contribution in [-0.2, 0) is 32.8 Å². The van der Waals surface area contributed by atoms with Crippen LogP contribution in [0.15, 0.2) is 36.5 Å². The van der Waals surface area contributed by atoms with E-state index in [0.717, 1.165) is 6.20 Å². The maximum Gasteiger partial charge on any atom is 0.434 e. The lowest BCUT2D eigenvalue weighted by Gasteiger charge is -2.45.